The number of hydrazone groups is 1. The van der Waals surface area contributed by atoms with Crippen LogP contribution in [0.4, 0.5) is 5.69 Å². The molecule has 1 aliphatic rings. The van der Waals surface area contributed by atoms with E-state index in [2.05, 4.69) is 5.10 Å². The summed E-state index contributed by atoms with van der Waals surface area (Å²) in [7, 11) is 0. The minimum atomic E-state index is -0.604. The number of amides is 1. The average molecular weight is 270 g/mol. The van der Waals surface area contributed by atoms with Gasteiger partial charge in [-0.1, -0.05) is 23.8 Å². The molecule has 0 fully saturated rings. The summed E-state index contributed by atoms with van der Waals surface area (Å²) in [6.45, 7) is 1.96. The lowest BCUT2D eigenvalue weighted by Gasteiger charge is -2.10. The molecule has 1 aliphatic heterocycles. The van der Waals surface area contributed by atoms with Gasteiger partial charge in [0.15, 0.2) is 5.71 Å². The normalized spacial score (nSPS) is 15.0. The summed E-state index contributed by atoms with van der Waals surface area (Å²) in [6.07, 6.45) is 0. The van der Waals surface area contributed by atoms with E-state index in [0.29, 0.717) is 10.6 Å². The molecule has 0 saturated heterocycles. The highest BCUT2D eigenvalue weighted by atomic mass is 32.1. The maximum absolute atomic E-state index is 12.0. The van der Waals surface area contributed by atoms with Gasteiger partial charge in [-0.05, 0) is 30.5 Å². The van der Waals surface area contributed by atoms with Crippen molar-refractivity contribution in [3.8, 4) is 0 Å². The molecule has 19 heavy (non-hydrogen) atoms. The first-order valence-corrected chi connectivity index (χ1v) is 6.63. The van der Waals surface area contributed by atoms with E-state index in [4.69, 9.17) is 0 Å². The third-order valence-electron chi connectivity index (χ3n) is 2.83. The Hall–Kier alpha value is -2.27. The van der Waals surface area contributed by atoms with Gasteiger partial charge >= 0.3 is 5.91 Å². The maximum Gasteiger partial charge on any atom is 0.321 e. The van der Waals surface area contributed by atoms with Crippen molar-refractivity contribution in [3.63, 3.8) is 0 Å². The second-order valence-electron chi connectivity index (χ2n) is 4.21. The lowest BCUT2D eigenvalue weighted by molar-refractivity contribution is -0.131. The van der Waals surface area contributed by atoms with E-state index in [-0.39, 0.29) is 5.71 Å². The second kappa shape index (κ2) is 4.44. The van der Waals surface area contributed by atoms with Gasteiger partial charge in [0.25, 0.3) is 5.78 Å². The number of thiophene rings is 1. The Balaban J connectivity index is 2.01. The lowest BCUT2D eigenvalue weighted by atomic mass is 10.2. The van der Waals surface area contributed by atoms with Crippen LogP contribution < -0.4 is 5.01 Å². The van der Waals surface area contributed by atoms with Crippen molar-refractivity contribution in [1.82, 2.24) is 0 Å². The largest absolute Gasteiger partial charge is 0.321 e. The van der Waals surface area contributed by atoms with Crippen LogP contribution in [0.2, 0.25) is 0 Å². The molecule has 0 spiro atoms. The highest BCUT2D eigenvalue weighted by Gasteiger charge is 2.36. The Bertz CT molecular complexity index is 672. The summed E-state index contributed by atoms with van der Waals surface area (Å²) in [5, 5.41) is 7.17. The van der Waals surface area contributed by atoms with Crippen LogP contribution in [0.1, 0.15) is 10.4 Å². The van der Waals surface area contributed by atoms with Gasteiger partial charge in [-0.2, -0.15) is 10.1 Å². The van der Waals surface area contributed by atoms with Crippen LogP contribution in [0.25, 0.3) is 0 Å². The first kappa shape index (κ1) is 11.8. The number of carbonyl (C=O) groups is 2. The summed E-state index contributed by atoms with van der Waals surface area (Å²) < 4.78 is 0. The van der Waals surface area contributed by atoms with E-state index >= 15 is 0 Å². The lowest BCUT2D eigenvalue weighted by Crippen LogP contribution is -2.27. The third-order valence-corrected chi connectivity index (χ3v) is 3.71. The molecular formula is C14H10N2O2S. The monoisotopic (exact) mass is 270 g/mol. The summed E-state index contributed by atoms with van der Waals surface area (Å²) >= 11 is 1.40. The molecule has 4 nitrogen and oxygen atoms in total. The first-order valence-electron chi connectivity index (χ1n) is 5.75. The van der Waals surface area contributed by atoms with Gasteiger partial charge in [-0.3, -0.25) is 9.59 Å². The first-order chi connectivity index (χ1) is 9.16. The highest BCUT2D eigenvalue weighted by molar-refractivity contribution is 7.13. The Labute approximate surface area is 114 Å². The fraction of sp³-hybridized carbons (Fsp3) is 0.0714. The van der Waals surface area contributed by atoms with E-state index in [1.165, 1.54) is 11.3 Å². The quantitative estimate of drug-likeness (QED) is 0.787. The molecule has 3 rings (SSSR count). The zero-order valence-corrected chi connectivity index (χ0v) is 11.0. The number of hydrogen-bond acceptors (Lipinski definition) is 4. The number of ketones is 1. The molecule has 0 saturated carbocycles. The molecule has 1 aromatic carbocycles. The molecule has 0 N–H and O–H groups in total. The molecule has 0 radical (unpaired) electrons. The second-order valence-corrected chi connectivity index (χ2v) is 5.16. The number of rotatable bonds is 2. The van der Waals surface area contributed by atoms with E-state index in [1.807, 2.05) is 30.5 Å². The summed E-state index contributed by atoms with van der Waals surface area (Å²) in [4.78, 5) is 24.6. The minimum Gasteiger partial charge on any atom is -0.281 e. The average Bonchev–Trinajstić information content (AvgIpc) is 3.02. The number of nitrogens with zero attached hydrogens (tertiary/aromatic N) is 2. The number of hydrogen-bond donors (Lipinski definition) is 0. The Morgan fingerprint density at radius 3 is 2.47 bits per heavy atom. The fourth-order valence-electron chi connectivity index (χ4n) is 1.82. The van der Waals surface area contributed by atoms with Gasteiger partial charge in [-0.25, -0.2) is 0 Å². The topological polar surface area (TPSA) is 49.7 Å². The van der Waals surface area contributed by atoms with Crippen LogP contribution in [-0.4, -0.2) is 17.4 Å². The molecule has 0 unspecified atom stereocenters. The van der Waals surface area contributed by atoms with E-state index < -0.39 is 11.7 Å². The summed E-state index contributed by atoms with van der Waals surface area (Å²) in [5.41, 5.74) is 1.92. The van der Waals surface area contributed by atoms with Crippen LogP contribution >= 0.6 is 11.3 Å². The van der Waals surface area contributed by atoms with Crippen LogP contribution in [0, 0.1) is 6.92 Å². The van der Waals surface area contributed by atoms with Crippen molar-refractivity contribution in [2.45, 2.75) is 6.92 Å². The number of benzene rings is 1. The van der Waals surface area contributed by atoms with Crippen LogP contribution in [-0.2, 0) is 9.59 Å². The highest BCUT2D eigenvalue weighted by Crippen LogP contribution is 2.23. The zero-order valence-electron chi connectivity index (χ0n) is 10.2. The molecule has 2 heterocycles. The van der Waals surface area contributed by atoms with Crippen LogP contribution in [0.3, 0.4) is 0 Å². The van der Waals surface area contributed by atoms with Gasteiger partial charge in [0.2, 0.25) is 0 Å². The number of aryl methyl sites for hydroxylation is 1. The van der Waals surface area contributed by atoms with Gasteiger partial charge in [0.05, 0.1) is 10.6 Å². The minimum absolute atomic E-state index is 0.223. The van der Waals surface area contributed by atoms with Crippen molar-refractivity contribution >= 4 is 34.4 Å². The predicted molar refractivity (Wildman–Crippen MR) is 74.5 cm³/mol. The molecule has 2 aromatic rings. The zero-order chi connectivity index (χ0) is 13.4. The molecule has 1 amide bonds. The van der Waals surface area contributed by atoms with E-state index in [9.17, 15) is 9.59 Å². The molecule has 94 valence electrons. The van der Waals surface area contributed by atoms with Crippen molar-refractivity contribution in [2.75, 3.05) is 5.01 Å². The van der Waals surface area contributed by atoms with Gasteiger partial charge in [0, 0.05) is 0 Å². The van der Waals surface area contributed by atoms with E-state index in [1.54, 1.807) is 18.2 Å². The molecule has 0 atom stereocenters. The molecule has 0 aliphatic carbocycles. The SMILES string of the molecule is Cc1ccc(N2N=C(c3cccs3)C(=O)C2=O)cc1. The number of carbonyl (C=O) groups excluding carboxylic acids is 2. The smallest absolute Gasteiger partial charge is 0.281 e. The van der Waals surface area contributed by atoms with E-state index in [0.717, 1.165) is 10.6 Å². The molecule has 5 heteroatoms. The van der Waals surface area contributed by atoms with Gasteiger partial charge in [0.1, 0.15) is 0 Å². The Morgan fingerprint density at radius 2 is 1.84 bits per heavy atom. The number of anilines is 1. The summed E-state index contributed by atoms with van der Waals surface area (Å²) in [5.74, 6) is -1.16. The maximum atomic E-state index is 12.0. The summed E-state index contributed by atoms with van der Waals surface area (Å²) in [6, 6.07) is 10.9. The number of Topliss-reactive ketones (excluding diaryl/α,β-unsaturated/α-hetero) is 1. The Kier molecular flexibility index (Phi) is 2.76. The molecule has 0 bridgehead atoms. The van der Waals surface area contributed by atoms with Crippen molar-refractivity contribution in [2.24, 2.45) is 5.10 Å². The van der Waals surface area contributed by atoms with Crippen LogP contribution in [0.15, 0.2) is 46.9 Å². The third kappa shape index (κ3) is 1.98. The van der Waals surface area contributed by atoms with Gasteiger partial charge < -0.3 is 0 Å². The Morgan fingerprint density at radius 1 is 1.11 bits per heavy atom. The molecular weight excluding hydrogens is 260 g/mol. The predicted octanol–water partition coefficient (Wildman–Crippen LogP) is 2.38. The van der Waals surface area contributed by atoms with Crippen LogP contribution in [0.5, 0.6) is 0 Å². The van der Waals surface area contributed by atoms with Crippen molar-refractivity contribution < 1.29 is 9.59 Å². The van der Waals surface area contributed by atoms with Crippen molar-refractivity contribution in [3.05, 3.63) is 52.2 Å². The van der Waals surface area contributed by atoms with Gasteiger partial charge in [-0.15, -0.1) is 11.3 Å². The fourth-order valence-corrected chi connectivity index (χ4v) is 2.53. The van der Waals surface area contributed by atoms with Crippen molar-refractivity contribution in [1.29, 1.82) is 0 Å². The molecule has 1 aromatic heterocycles. The standard InChI is InChI=1S/C14H10N2O2S/c1-9-4-6-10(7-5-9)16-14(18)13(17)12(15-16)11-3-2-8-19-11/h2-8H,1H3.